The lowest BCUT2D eigenvalue weighted by Gasteiger charge is -2.19. The van der Waals surface area contributed by atoms with Gasteiger partial charge in [-0.05, 0) is 40.5 Å². The van der Waals surface area contributed by atoms with Crippen LogP contribution in [0.5, 0.6) is 0 Å². The van der Waals surface area contributed by atoms with E-state index in [1.807, 2.05) is 35.9 Å². The Balaban J connectivity index is 2.21. The zero-order chi connectivity index (χ0) is 15.6. The molecule has 6 heteroatoms. The number of hydrogen-bond donors (Lipinski definition) is 0. The van der Waals surface area contributed by atoms with Gasteiger partial charge in [0, 0.05) is 30.8 Å². The molecule has 2 rings (SSSR count). The average molecular weight is 390 g/mol. The predicted octanol–water partition coefficient (Wildman–Crippen LogP) is 4.85. The fourth-order valence-electron chi connectivity index (χ4n) is 2.11. The van der Waals surface area contributed by atoms with E-state index < -0.39 is 0 Å². The fourth-order valence-corrected chi connectivity index (χ4v) is 2.95. The lowest BCUT2D eigenvalue weighted by Crippen LogP contribution is -2.28. The number of hydrogen-bond acceptors (Lipinski definition) is 1. The van der Waals surface area contributed by atoms with Crippen molar-refractivity contribution in [3.8, 4) is 0 Å². The van der Waals surface area contributed by atoms with Gasteiger partial charge in [0.25, 0.3) is 5.91 Å². The van der Waals surface area contributed by atoms with Crippen molar-refractivity contribution in [1.29, 1.82) is 0 Å². The van der Waals surface area contributed by atoms with Crippen molar-refractivity contribution >= 4 is 45.0 Å². The number of carbonyl (C=O) groups excluding carboxylic acids is 1. The van der Waals surface area contributed by atoms with Crippen molar-refractivity contribution in [3.05, 3.63) is 56.2 Å². The maximum atomic E-state index is 12.5. The highest BCUT2D eigenvalue weighted by atomic mass is 79.9. The lowest BCUT2D eigenvalue weighted by atomic mass is 10.2. The topological polar surface area (TPSA) is 25.2 Å². The number of benzene rings is 1. The van der Waals surface area contributed by atoms with Gasteiger partial charge in [-0.15, -0.1) is 0 Å². The van der Waals surface area contributed by atoms with Crippen molar-refractivity contribution in [2.75, 3.05) is 7.05 Å². The highest BCUT2D eigenvalue weighted by Crippen LogP contribution is 2.26. The van der Waals surface area contributed by atoms with Crippen molar-refractivity contribution < 1.29 is 4.79 Å². The highest BCUT2D eigenvalue weighted by molar-refractivity contribution is 9.10. The fraction of sp³-hybridized carbons (Fsp3) is 0.267. The van der Waals surface area contributed by atoms with Crippen LogP contribution in [-0.4, -0.2) is 22.4 Å². The molecule has 0 aliphatic rings. The number of aromatic nitrogens is 1. The van der Waals surface area contributed by atoms with Gasteiger partial charge < -0.3 is 9.47 Å². The Bertz CT molecular complexity index is 670. The van der Waals surface area contributed by atoms with Gasteiger partial charge in [-0.1, -0.05) is 35.3 Å². The maximum absolute atomic E-state index is 12.5. The zero-order valence-corrected chi connectivity index (χ0v) is 14.8. The Labute approximate surface area is 142 Å². The molecule has 2 aromatic rings. The summed E-state index contributed by atoms with van der Waals surface area (Å²) in [6.07, 6.45) is 1.90. The maximum Gasteiger partial charge on any atom is 0.270 e. The van der Waals surface area contributed by atoms with Gasteiger partial charge in [-0.2, -0.15) is 0 Å². The van der Waals surface area contributed by atoms with Crippen LogP contribution in [0, 0.1) is 0 Å². The van der Waals surface area contributed by atoms with E-state index in [1.165, 1.54) is 0 Å². The van der Waals surface area contributed by atoms with Gasteiger partial charge in [-0.25, -0.2) is 0 Å². The van der Waals surface area contributed by atoms with E-state index in [0.29, 0.717) is 22.3 Å². The highest BCUT2D eigenvalue weighted by Gasteiger charge is 2.18. The number of nitrogens with zero attached hydrogens (tertiary/aromatic N) is 2. The largest absolute Gasteiger partial charge is 0.343 e. The Morgan fingerprint density at radius 2 is 2.10 bits per heavy atom. The molecule has 0 atom stereocenters. The molecule has 21 heavy (non-hydrogen) atoms. The molecular formula is C15H15BrCl2N2O. The SMILES string of the molecule is CCn1cc(Br)cc1C(=O)N(C)Cc1cccc(Cl)c1Cl. The first-order chi connectivity index (χ1) is 9.93. The molecule has 1 heterocycles. The summed E-state index contributed by atoms with van der Waals surface area (Å²) in [5.74, 6) is -0.0569. The van der Waals surface area contributed by atoms with E-state index in [-0.39, 0.29) is 5.91 Å². The second kappa shape index (κ2) is 6.86. The van der Waals surface area contributed by atoms with Crippen molar-refractivity contribution in [3.63, 3.8) is 0 Å². The van der Waals surface area contributed by atoms with Gasteiger partial charge >= 0.3 is 0 Å². The molecule has 0 N–H and O–H groups in total. The molecule has 0 aliphatic carbocycles. The molecule has 0 aliphatic heterocycles. The Kier molecular flexibility index (Phi) is 5.36. The summed E-state index contributed by atoms with van der Waals surface area (Å²) in [5.41, 5.74) is 1.47. The van der Waals surface area contributed by atoms with Crippen LogP contribution < -0.4 is 0 Å². The molecule has 0 fully saturated rings. The van der Waals surface area contributed by atoms with E-state index in [9.17, 15) is 4.79 Å². The first kappa shape index (κ1) is 16.4. The Hall–Kier alpha value is -0.970. The number of halogens is 3. The summed E-state index contributed by atoms with van der Waals surface area (Å²) in [5, 5.41) is 0.987. The molecule has 0 spiro atoms. The molecule has 1 aromatic carbocycles. The molecule has 1 aromatic heterocycles. The van der Waals surface area contributed by atoms with E-state index in [0.717, 1.165) is 16.6 Å². The molecule has 0 bridgehead atoms. The molecular weight excluding hydrogens is 375 g/mol. The first-order valence-corrected chi connectivity index (χ1v) is 8.03. The van der Waals surface area contributed by atoms with E-state index in [4.69, 9.17) is 23.2 Å². The van der Waals surface area contributed by atoms with Crippen LogP contribution in [0.25, 0.3) is 0 Å². The minimum absolute atomic E-state index is 0.0569. The summed E-state index contributed by atoms with van der Waals surface area (Å²) >= 11 is 15.6. The summed E-state index contributed by atoms with van der Waals surface area (Å²) in [6.45, 7) is 3.14. The lowest BCUT2D eigenvalue weighted by molar-refractivity contribution is 0.0774. The van der Waals surface area contributed by atoms with Gasteiger partial charge in [0.15, 0.2) is 0 Å². The smallest absolute Gasteiger partial charge is 0.270 e. The first-order valence-electron chi connectivity index (χ1n) is 6.48. The van der Waals surface area contributed by atoms with Crippen molar-refractivity contribution in [2.45, 2.75) is 20.0 Å². The normalized spacial score (nSPS) is 10.7. The summed E-state index contributed by atoms with van der Waals surface area (Å²) in [4.78, 5) is 14.2. The standard InChI is InChI=1S/C15H15BrCl2N2O/c1-3-20-9-11(16)7-13(20)15(21)19(2)8-10-5-4-6-12(17)14(10)18/h4-7,9H,3,8H2,1-2H3. The van der Waals surface area contributed by atoms with Crippen molar-refractivity contribution in [2.24, 2.45) is 0 Å². The monoisotopic (exact) mass is 388 g/mol. The molecule has 3 nitrogen and oxygen atoms in total. The molecule has 1 amide bonds. The van der Waals surface area contributed by atoms with Crippen molar-refractivity contribution in [1.82, 2.24) is 9.47 Å². The van der Waals surface area contributed by atoms with E-state index in [2.05, 4.69) is 15.9 Å². The molecule has 0 unspecified atom stereocenters. The Morgan fingerprint density at radius 1 is 1.38 bits per heavy atom. The summed E-state index contributed by atoms with van der Waals surface area (Å²) in [7, 11) is 1.75. The quantitative estimate of drug-likeness (QED) is 0.733. The van der Waals surface area contributed by atoms with Crippen LogP contribution in [0.2, 0.25) is 10.0 Å². The predicted molar refractivity (Wildman–Crippen MR) is 90.1 cm³/mol. The van der Waals surface area contributed by atoms with Gasteiger partial charge in [-0.3, -0.25) is 4.79 Å². The molecule has 112 valence electrons. The number of amides is 1. The molecule has 0 saturated carbocycles. The third kappa shape index (κ3) is 3.62. The average Bonchev–Trinajstić information content (AvgIpc) is 2.84. The third-order valence-corrected chi connectivity index (χ3v) is 4.50. The van der Waals surface area contributed by atoms with Crippen LogP contribution >= 0.6 is 39.1 Å². The molecule has 0 saturated heterocycles. The van der Waals surface area contributed by atoms with Crippen LogP contribution in [-0.2, 0) is 13.1 Å². The Morgan fingerprint density at radius 3 is 2.76 bits per heavy atom. The van der Waals surface area contributed by atoms with Gasteiger partial charge in [0.1, 0.15) is 5.69 Å². The van der Waals surface area contributed by atoms with E-state index in [1.54, 1.807) is 18.0 Å². The van der Waals surface area contributed by atoms with Gasteiger partial charge in [0.2, 0.25) is 0 Å². The summed E-state index contributed by atoms with van der Waals surface area (Å²) < 4.78 is 2.80. The minimum Gasteiger partial charge on any atom is -0.343 e. The molecule has 0 radical (unpaired) electrons. The number of carbonyl (C=O) groups is 1. The van der Waals surface area contributed by atoms with Crippen LogP contribution in [0.15, 0.2) is 34.9 Å². The second-order valence-electron chi connectivity index (χ2n) is 4.70. The van der Waals surface area contributed by atoms with Crippen LogP contribution in [0.4, 0.5) is 0 Å². The number of rotatable bonds is 4. The minimum atomic E-state index is -0.0569. The van der Waals surface area contributed by atoms with Gasteiger partial charge in [0.05, 0.1) is 10.0 Å². The van der Waals surface area contributed by atoms with Crippen LogP contribution in [0.3, 0.4) is 0 Å². The zero-order valence-electron chi connectivity index (χ0n) is 11.7. The third-order valence-electron chi connectivity index (χ3n) is 3.21. The van der Waals surface area contributed by atoms with Crippen LogP contribution in [0.1, 0.15) is 23.0 Å². The summed E-state index contributed by atoms with van der Waals surface area (Å²) in [6, 6.07) is 7.25. The van der Waals surface area contributed by atoms with E-state index >= 15 is 0 Å². The second-order valence-corrected chi connectivity index (χ2v) is 6.40. The number of aryl methyl sites for hydroxylation is 1.